The lowest BCUT2D eigenvalue weighted by Gasteiger charge is -2.13. The third kappa shape index (κ3) is 3.15. The van der Waals surface area contributed by atoms with Gasteiger partial charge in [0.1, 0.15) is 5.82 Å². The van der Waals surface area contributed by atoms with Crippen molar-refractivity contribution in [2.24, 2.45) is 0 Å². The van der Waals surface area contributed by atoms with Crippen LogP contribution >= 0.6 is 11.5 Å². The molecule has 1 aliphatic carbocycles. The summed E-state index contributed by atoms with van der Waals surface area (Å²) in [5.74, 6) is 0.690. The molecule has 1 aromatic heterocycles. The van der Waals surface area contributed by atoms with Crippen molar-refractivity contribution in [3.8, 4) is 0 Å². The molecule has 0 aliphatic heterocycles. The van der Waals surface area contributed by atoms with Crippen molar-refractivity contribution in [1.29, 1.82) is 0 Å². The summed E-state index contributed by atoms with van der Waals surface area (Å²) in [4.78, 5) is 16.9. The molecule has 17 heavy (non-hydrogen) atoms. The van der Waals surface area contributed by atoms with Crippen LogP contribution in [0.1, 0.15) is 43.8 Å². The van der Waals surface area contributed by atoms with Gasteiger partial charge in [-0.05, 0) is 12.8 Å². The molecule has 2 rings (SSSR count). The summed E-state index contributed by atoms with van der Waals surface area (Å²) in [7, 11) is 1.86. The minimum absolute atomic E-state index is 0.134. The SMILES string of the molecule is CN(CCC(=O)O)c1nc(C2CCCC2)ns1. The van der Waals surface area contributed by atoms with Crippen LogP contribution in [-0.4, -0.2) is 34.0 Å². The number of hydrogen-bond acceptors (Lipinski definition) is 5. The van der Waals surface area contributed by atoms with Crippen LogP contribution in [0.15, 0.2) is 0 Å². The molecule has 1 N–H and O–H groups in total. The first-order valence-corrected chi connectivity index (χ1v) is 6.70. The average molecular weight is 255 g/mol. The van der Waals surface area contributed by atoms with Gasteiger partial charge in [0.15, 0.2) is 0 Å². The van der Waals surface area contributed by atoms with Crippen molar-refractivity contribution in [3.05, 3.63) is 5.82 Å². The normalized spacial score (nSPS) is 16.3. The molecular formula is C11H17N3O2S. The molecule has 0 aromatic carbocycles. The van der Waals surface area contributed by atoms with Gasteiger partial charge in [-0.1, -0.05) is 12.8 Å². The van der Waals surface area contributed by atoms with Crippen LogP contribution in [0.2, 0.25) is 0 Å². The Morgan fingerprint density at radius 3 is 2.88 bits per heavy atom. The van der Waals surface area contributed by atoms with Crippen molar-refractivity contribution in [2.45, 2.75) is 38.0 Å². The molecule has 94 valence electrons. The van der Waals surface area contributed by atoms with Gasteiger partial charge in [0, 0.05) is 31.0 Å². The maximum absolute atomic E-state index is 10.5. The van der Waals surface area contributed by atoms with Gasteiger partial charge in [-0.25, -0.2) is 4.98 Å². The Kier molecular flexibility index (Phi) is 3.93. The van der Waals surface area contributed by atoms with Crippen LogP contribution in [-0.2, 0) is 4.79 Å². The number of aromatic nitrogens is 2. The highest BCUT2D eigenvalue weighted by molar-refractivity contribution is 7.09. The van der Waals surface area contributed by atoms with E-state index >= 15 is 0 Å². The minimum atomic E-state index is -0.780. The number of carboxylic acids is 1. The zero-order valence-electron chi connectivity index (χ0n) is 9.93. The standard InChI is InChI=1S/C11H17N3O2S/c1-14(7-6-9(15)16)11-12-10(13-17-11)8-4-2-3-5-8/h8H,2-7H2,1H3,(H,15,16). The topological polar surface area (TPSA) is 66.3 Å². The Bertz CT molecular complexity index is 388. The zero-order valence-corrected chi connectivity index (χ0v) is 10.7. The molecule has 0 atom stereocenters. The fraction of sp³-hybridized carbons (Fsp3) is 0.727. The lowest BCUT2D eigenvalue weighted by atomic mass is 10.1. The van der Waals surface area contributed by atoms with Crippen LogP contribution in [0, 0.1) is 0 Å². The second-order valence-corrected chi connectivity index (χ2v) is 5.21. The lowest BCUT2D eigenvalue weighted by Crippen LogP contribution is -2.20. The predicted octanol–water partition coefficient (Wildman–Crippen LogP) is 2.11. The minimum Gasteiger partial charge on any atom is -0.481 e. The van der Waals surface area contributed by atoms with E-state index in [9.17, 15) is 4.79 Å². The number of carbonyl (C=O) groups is 1. The van der Waals surface area contributed by atoms with Gasteiger partial charge in [-0.15, -0.1) is 0 Å². The first kappa shape index (κ1) is 12.3. The van der Waals surface area contributed by atoms with E-state index in [-0.39, 0.29) is 6.42 Å². The summed E-state index contributed by atoms with van der Waals surface area (Å²) >= 11 is 1.37. The Labute approximate surface area is 105 Å². The van der Waals surface area contributed by atoms with Gasteiger partial charge in [0.2, 0.25) is 5.13 Å². The van der Waals surface area contributed by atoms with E-state index in [4.69, 9.17) is 5.11 Å². The molecule has 0 spiro atoms. The second kappa shape index (κ2) is 5.44. The smallest absolute Gasteiger partial charge is 0.305 e. The first-order valence-electron chi connectivity index (χ1n) is 5.93. The third-order valence-electron chi connectivity index (χ3n) is 3.14. The van der Waals surface area contributed by atoms with Gasteiger partial charge in [-0.3, -0.25) is 4.79 Å². The van der Waals surface area contributed by atoms with Crippen molar-refractivity contribution in [1.82, 2.24) is 9.36 Å². The summed E-state index contributed by atoms with van der Waals surface area (Å²) in [6, 6.07) is 0. The molecule has 1 saturated carbocycles. The van der Waals surface area contributed by atoms with Gasteiger partial charge in [-0.2, -0.15) is 4.37 Å². The van der Waals surface area contributed by atoms with Crippen LogP contribution in [0.4, 0.5) is 5.13 Å². The highest BCUT2D eigenvalue weighted by Gasteiger charge is 2.22. The zero-order chi connectivity index (χ0) is 12.3. The van der Waals surface area contributed by atoms with Crippen molar-refractivity contribution in [3.63, 3.8) is 0 Å². The molecule has 1 aromatic rings. The van der Waals surface area contributed by atoms with Crippen molar-refractivity contribution < 1.29 is 9.90 Å². The fourth-order valence-electron chi connectivity index (χ4n) is 2.09. The number of anilines is 1. The summed E-state index contributed by atoms with van der Waals surface area (Å²) in [6.45, 7) is 0.481. The van der Waals surface area contributed by atoms with Crippen molar-refractivity contribution in [2.75, 3.05) is 18.5 Å². The molecule has 0 unspecified atom stereocenters. The van der Waals surface area contributed by atoms with Gasteiger partial charge in [0.25, 0.3) is 0 Å². The second-order valence-electron chi connectivity index (χ2n) is 4.48. The number of rotatable bonds is 5. The summed E-state index contributed by atoms with van der Waals surface area (Å²) in [5, 5.41) is 9.45. The Morgan fingerprint density at radius 2 is 2.24 bits per heavy atom. The monoisotopic (exact) mass is 255 g/mol. The first-order chi connectivity index (χ1) is 8.16. The fourth-order valence-corrected chi connectivity index (χ4v) is 2.82. The summed E-state index contributed by atoms with van der Waals surface area (Å²) in [6.07, 6.45) is 5.06. The maximum Gasteiger partial charge on any atom is 0.305 e. The van der Waals surface area contributed by atoms with Gasteiger partial charge in [0.05, 0.1) is 6.42 Å². The quantitative estimate of drug-likeness (QED) is 0.872. The largest absolute Gasteiger partial charge is 0.481 e. The van der Waals surface area contributed by atoms with Gasteiger partial charge < -0.3 is 10.0 Å². The molecular weight excluding hydrogens is 238 g/mol. The van der Waals surface area contributed by atoms with E-state index in [2.05, 4.69) is 9.36 Å². The van der Waals surface area contributed by atoms with Crippen LogP contribution in [0.25, 0.3) is 0 Å². The van der Waals surface area contributed by atoms with E-state index in [0.29, 0.717) is 12.5 Å². The Morgan fingerprint density at radius 1 is 1.53 bits per heavy atom. The summed E-state index contributed by atoms with van der Waals surface area (Å²) < 4.78 is 4.39. The van der Waals surface area contributed by atoms with E-state index in [1.807, 2.05) is 11.9 Å². The molecule has 1 heterocycles. The number of hydrogen-bond donors (Lipinski definition) is 1. The average Bonchev–Trinajstić information content (AvgIpc) is 2.94. The molecule has 6 heteroatoms. The Balaban J connectivity index is 1.94. The van der Waals surface area contributed by atoms with E-state index < -0.39 is 5.97 Å². The number of aliphatic carboxylic acids is 1. The molecule has 1 aliphatic rings. The lowest BCUT2D eigenvalue weighted by molar-refractivity contribution is -0.136. The molecule has 0 amide bonds. The van der Waals surface area contributed by atoms with Gasteiger partial charge >= 0.3 is 5.97 Å². The van der Waals surface area contributed by atoms with Crippen molar-refractivity contribution >= 4 is 22.6 Å². The van der Waals surface area contributed by atoms with Crippen LogP contribution in [0.3, 0.4) is 0 Å². The maximum atomic E-state index is 10.5. The van der Waals surface area contributed by atoms with E-state index in [0.717, 1.165) is 11.0 Å². The molecule has 0 saturated heterocycles. The van der Waals surface area contributed by atoms with Crippen LogP contribution in [0.5, 0.6) is 0 Å². The number of carboxylic acid groups (broad SMARTS) is 1. The summed E-state index contributed by atoms with van der Waals surface area (Å²) in [5.41, 5.74) is 0. The highest BCUT2D eigenvalue weighted by Crippen LogP contribution is 2.34. The predicted molar refractivity (Wildman–Crippen MR) is 66.6 cm³/mol. The van der Waals surface area contributed by atoms with E-state index in [1.54, 1.807) is 0 Å². The van der Waals surface area contributed by atoms with Crippen LogP contribution < -0.4 is 4.90 Å². The Hall–Kier alpha value is -1.17. The number of nitrogens with zero attached hydrogens (tertiary/aromatic N) is 3. The third-order valence-corrected chi connectivity index (χ3v) is 3.98. The molecule has 5 nitrogen and oxygen atoms in total. The molecule has 0 radical (unpaired) electrons. The molecule has 1 fully saturated rings. The molecule has 0 bridgehead atoms. The highest BCUT2D eigenvalue weighted by atomic mass is 32.1. The van der Waals surface area contributed by atoms with E-state index in [1.165, 1.54) is 37.2 Å².